The van der Waals surface area contributed by atoms with Gasteiger partial charge in [-0.25, -0.2) is 0 Å². The molecule has 0 aliphatic carbocycles. The van der Waals surface area contributed by atoms with Crippen LogP contribution in [0.3, 0.4) is 0 Å². The molecule has 0 saturated carbocycles. The van der Waals surface area contributed by atoms with Gasteiger partial charge in [0.15, 0.2) is 0 Å². The number of likely N-dealkylation sites (tertiary alicyclic amines) is 1. The van der Waals surface area contributed by atoms with Gasteiger partial charge in [0.2, 0.25) is 5.91 Å². The van der Waals surface area contributed by atoms with Gasteiger partial charge in [0, 0.05) is 37.8 Å². The highest BCUT2D eigenvalue weighted by molar-refractivity contribution is 5.95. The molecule has 1 amide bonds. The van der Waals surface area contributed by atoms with Crippen molar-refractivity contribution in [1.29, 1.82) is 0 Å². The van der Waals surface area contributed by atoms with E-state index in [4.69, 9.17) is 0 Å². The lowest BCUT2D eigenvalue weighted by atomic mass is 9.88. The quantitative estimate of drug-likeness (QED) is 0.882. The van der Waals surface area contributed by atoms with Crippen molar-refractivity contribution in [3.8, 4) is 0 Å². The van der Waals surface area contributed by atoms with Crippen molar-refractivity contribution in [1.82, 2.24) is 15.8 Å². The Balaban J connectivity index is 1.27. The Kier molecular flexibility index (Phi) is 4.83. The van der Waals surface area contributed by atoms with E-state index in [1.807, 2.05) is 35.2 Å². The minimum absolute atomic E-state index is 0.280. The molecule has 4 rings (SSSR count). The summed E-state index contributed by atoms with van der Waals surface area (Å²) in [5.74, 6) is 1.56. The molecule has 5 heteroatoms. The van der Waals surface area contributed by atoms with Crippen molar-refractivity contribution in [2.45, 2.75) is 31.7 Å². The Morgan fingerprint density at radius 2 is 1.88 bits per heavy atom. The maximum atomic E-state index is 12.3. The first-order chi connectivity index (χ1) is 11.8. The molecule has 0 aromatic heterocycles. The van der Waals surface area contributed by atoms with Gasteiger partial charge < -0.3 is 9.80 Å². The van der Waals surface area contributed by atoms with Gasteiger partial charge in [-0.15, -0.1) is 0 Å². The SMILES string of the molecule is O=C1CC(CN2CCC(C3CCNN3)CC2)CN1c1ccccc1. The summed E-state index contributed by atoms with van der Waals surface area (Å²) in [6, 6.07) is 10.7. The lowest BCUT2D eigenvalue weighted by Crippen LogP contribution is -2.44. The van der Waals surface area contributed by atoms with Gasteiger partial charge in [-0.3, -0.25) is 15.6 Å². The summed E-state index contributed by atoms with van der Waals surface area (Å²) in [4.78, 5) is 16.9. The minimum Gasteiger partial charge on any atom is -0.312 e. The summed E-state index contributed by atoms with van der Waals surface area (Å²) in [7, 11) is 0. The Morgan fingerprint density at radius 1 is 1.08 bits per heavy atom. The molecule has 1 aromatic carbocycles. The molecule has 2 unspecified atom stereocenters. The van der Waals surface area contributed by atoms with Gasteiger partial charge in [0.25, 0.3) is 0 Å². The number of benzene rings is 1. The number of para-hydroxylation sites is 1. The molecular weight excluding hydrogens is 300 g/mol. The van der Waals surface area contributed by atoms with E-state index >= 15 is 0 Å². The third-order valence-corrected chi connectivity index (χ3v) is 5.86. The zero-order valence-corrected chi connectivity index (χ0v) is 14.3. The van der Waals surface area contributed by atoms with Gasteiger partial charge in [-0.05, 0) is 56.3 Å². The van der Waals surface area contributed by atoms with Crippen molar-refractivity contribution in [3.63, 3.8) is 0 Å². The van der Waals surface area contributed by atoms with Crippen molar-refractivity contribution in [2.24, 2.45) is 11.8 Å². The number of nitrogens with one attached hydrogen (secondary N) is 2. The number of anilines is 1. The van der Waals surface area contributed by atoms with Crippen molar-refractivity contribution < 1.29 is 4.79 Å². The van der Waals surface area contributed by atoms with Crippen LogP contribution in [0.5, 0.6) is 0 Å². The highest BCUT2D eigenvalue weighted by atomic mass is 16.2. The highest BCUT2D eigenvalue weighted by Gasteiger charge is 2.33. The van der Waals surface area contributed by atoms with E-state index in [1.165, 1.54) is 32.4 Å². The lowest BCUT2D eigenvalue weighted by Gasteiger charge is -2.35. The maximum absolute atomic E-state index is 12.3. The molecule has 3 heterocycles. The van der Waals surface area contributed by atoms with Crippen LogP contribution in [0.1, 0.15) is 25.7 Å². The predicted molar refractivity (Wildman–Crippen MR) is 95.6 cm³/mol. The first kappa shape index (κ1) is 16.1. The number of piperidine rings is 1. The van der Waals surface area contributed by atoms with Crippen LogP contribution in [0.2, 0.25) is 0 Å². The average Bonchev–Trinajstić information content (AvgIpc) is 3.26. The number of hydrogen-bond acceptors (Lipinski definition) is 4. The number of hydrazine groups is 1. The third-order valence-electron chi connectivity index (χ3n) is 5.86. The second kappa shape index (κ2) is 7.21. The van der Waals surface area contributed by atoms with Crippen LogP contribution in [-0.4, -0.2) is 49.6 Å². The first-order valence-corrected chi connectivity index (χ1v) is 9.36. The zero-order valence-electron chi connectivity index (χ0n) is 14.3. The topological polar surface area (TPSA) is 47.6 Å². The fraction of sp³-hybridized carbons (Fsp3) is 0.632. The number of carbonyl (C=O) groups is 1. The third kappa shape index (κ3) is 3.48. The van der Waals surface area contributed by atoms with Gasteiger partial charge >= 0.3 is 0 Å². The summed E-state index contributed by atoms with van der Waals surface area (Å²) < 4.78 is 0. The van der Waals surface area contributed by atoms with E-state index in [-0.39, 0.29) is 5.91 Å². The van der Waals surface area contributed by atoms with Gasteiger partial charge in [0.1, 0.15) is 0 Å². The van der Waals surface area contributed by atoms with Crippen LogP contribution in [-0.2, 0) is 4.79 Å². The van der Waals surface area contributed by atoms with E-state index in [9.17, 15) is 4.79 Å². The molecule has 0 spiro atoms. The van der Waals surface area contributed by atoms with Crippen molar-refractivity contribution >= 4 is 11.6 Å². The molecule has 3 aliphatic heterocycles. The first-order valence-electron chi connectivity index (χ1n) is 9.36. The molecule has 24 heavy (non-hydrogen) atoms. The number of nitrogens with zero attached hydrogens (tertiary/aromatic N) is 2. The van der Waals surface area contributed by atoms with E-state index in [0.717, 1.165) is 31.2 Å². The molecule has 3 aliphatic rings. The Morgan fingerprint density at radius 3 is 2.58 bits per heavy atom. The maximum Gasteiger partial charge on any atom is 0.227 e. The van der Waals surface area contributed by atoms with Crippen LogP contribution in [0.15, 0.2) is 30.3 Å². The second-order valence-electron chi connectivity index (χ2n) is 7.51. The fourth-order valence-corrected chi connectivity index (χ4v) is 4.52. The van der Waals surface area contributed by atoms with Crippen LogP contribution in [0, 0.1) is 11.8 Å². The van der Waals surface area contributed by atoms with E-state index in [1.54, 1.807) is 0 Å². The van der Waals surface area contributed by atoms with Gasteiger partial charge in [-0.2, -0.15) is 0 Å². The van der Waals surface area contributed by atoms with Crippen LogP contribution >= 0.6 is 0 Å². The normalized spacial score (nSPS) is 29.5. The monoisotopic (exact) mass is 328 g/mol. The molecule has 130 valence electrons. The van der Waals surface area contributed by atoms with Crippen LogP contribution < -0.4 is 15.8 Å². The highest BCUT2D eigenvalue weighted by Crippen LogP contribution is 2.28. The average molecular weight is 328 g/mol. The molecular formula is C19H28N4O. The van der Waals surface area contributed by atoms with Crippen LogP contribution in [0.25, 0.3) is 0 Å². The lowest BCUT2D eigenvalue weighted by molar-refractivity contribution is -0.117. The van der Waals surface area contributed by atoms with E-state index < -0.39 is 0 Å². The molecule has 0 radical (unpaired) electrons. The molecule has 2 N–H and O–H groups in total. The Labute approximate surface area is 144 Å². The number of rotatable bonds is 4. The van der Waals surface area contributed by atoms with E-state index in [2.05, 4.69) is 15.8 Å². The van der Waals surface area contributed by atoms with Crippen molar-refractivity contribution in [3.05, 3.63) is 30.3 Å². The summed E-state index contributed by atoms with van der Waals surface area (Å²) in [5, 5.41) is 0. The molecule has 0 bridgehead atoms. The Bertz CT molecular complexity index is 550. The fourth-order valence-electron chi connectivity index (χ4n) is 4.52. The number of carbonyl (C=O) groups excluding carboxylic acids is 1. The number of hydrogen-bond donors (Lipinski definition) is 2. The summed E-state index contributed by atoms with van der Waals surface area (Å²) >= 11 is 0. The van der Waals surface area contributed by atoms with E-state index in [0.29, 0.717) is 18.4 Å². The number of amides is 1. The summed E-state index contributed by atoms with van der Waals surface area (Å²) in [5.41, 5.74) is 7.73. The Hall–Kier alpha value is -1.43. The molecule has 3 fully saturated rings. The van der Waals surface area contributed by atoms with Gasteiger partial charge in [-0.1, -0.05) is 18.2 Å². The zero-order chi connectivity index (χ0) is 16.4. The van der Waals surface area contributed by atoms with Crippen LogP contribution in [0.4, 0.5) is 5.69 Å². The molecule has 5 nitrogen and oxygen atoms in total. The smallest absolute Gasteiger partial charge is 0.227 e. The summed E-state index contributed by atoms with van der Waals surface area (Å²) in [6.45, 7) is 5.40. The van der Waals surface area contributed by atoms with Crippen molar-refractivity contribution in [2.75, 3.05) is 37.6 Å². The standard InChI is InChI=1S/C19H28N4O/c24-19-12-15(14-23(19)17-4-2-1-3-5-17)13-22-10-7-16(8-11-22)18-6-9-20-21-18/h1-5,15-16,18,20-21H,6-14H2. The molecule has 3 saturated heterocycles. The summed E-state index contributed by atoms with van der Waals surface area (Å²) in [6.07, 6.45) is 4.52. The predicted octanol–water partition coefficient (Wildman–Crippen LogP) is 1.62. The second-order valence-corrected chi connectivity index (χ2v) is 7.51. The molecule has 1 aromatic rings. The van der Waals surface area contributed by atoms with Gasteiger partial charge in [0.05, 0.1) is 0 Å². The minimum atomic E-state index is 0.280. The largest absolute Gasteiger partial charge is 0.312 e. The molecule has 2 atom stereocenters.